The third-order valence-electron chi connectivity index (χ3n) is 3.56. The van der Waals surface area contributed by atoms with Crippen LogP contribution in [0.4, 0.5) is 0 Å². The smallest absolute Gasteiger partial charge is 0.341 e. The summed E-state index contributed by atoms with van der Waals surface area (Å²) in [5.74, 6) is -1.06. The highest BCUT2D eigenvalue weighted by molar-refractivity contribution is 6.35. The maximum absolute atomic E-state index is 12.7. The van der Waals surface area contributed by atoms with E-state index in [9.17, 15) is 9.59 Å². The number of hydrogen-bond donors (Lipinski definition) is 1. The second-order valence-electron chi connectivity index (χ2n) is 5.10. The van der Waals surface area contributed by atoms with Crippen molar-refractivity contribution < 1.29 is 24.2 Å². The van der Waals surface area contributed by atoms with Crippen molar-refractivity contribution in [2.24, 2.45) is 0 Å². The second kappa shape index (κ2) is 6.30. The van der Waals surface area contributed by atoms with Crippen molar-refractivity contribution in [1.82, 2.24) is 0 Å². The van der Waals surface area contributed by atoms with Gasteiger partial charge in [0.2, 0.25) is 0 Å². The lowest BCUT2D eigenvalue weighted by Gasteiger charge is -2.25. The molecule has 2 aromatic rings. The van der Waals surface area contributed by atoms with Crippen LogP contribution >= 0.6 is 11.6 Å². The summed E-state index contributed by atoms with van der Waals surface area (Å²) >= 11 is 6.18. The van der Waals surface area contributed by atoms with E-state index in [0.717, 1.165) is 5.56 Å². The zero-order valence-corrected chi connectivity index (χ0v) is 12.7. The Balaban J connectivity index is 1.91. The molecule has 1 heterocycles. The van der Waals surface area contributed by atoms with Gasteiger partial charge in [-0.1, -0.05) is 41.9 Å². The van der Waals surface area contributed by atoms with Crippen molar-refractivity contribution in [3.63, 3.8) is 0 Å². The van der Waals surface area contributed by atoms with Crippen LogP contribution < -0.4 is 9.47 Å². The highest BCUT2D eigenvalue weighted by Gasteiger charge is 2.32. The van der Waals surface area contributed by atoms with Gasteiger partial charge >= 0.3 is 5.97 Å². The number of carbonyl (C=O) groups excluding carboxylic acids is 1. The Hall–Kier alpha value is -2.53. The van der Waals surface area contributed by atoms with Crippen LogP contribution in [-0.2, 0) is 4.79 Å². The fourth-order valence-corrected chi connectivity index (χ4v) is 2.79. The molecule has 23 heavy (non-hydrogen) atoms. The summed E-state index contributed by atoms with van der Waals surface area (Å²) < 4.78 is 10.7. The fourth-order valence-electron chi connectivity index (χ4n) is 2.50. The normalized spacial score (nSPS) is 16.4. The molecule has 0 radical (unpaired) electrons. The summed E-state index contributed by atoms with van der Waals surface area (Å²) in [6.45, 7) is -0.287. The van der Waals surface area contributed by atoms with Gasteiger partial charge in [0.1, 0.15) is 18.1 Å². The van der Waals surface area contributed by atoms with Crippen molar-refractivity contribution in [3.8, 4) is 11.5 Å². The van der Waals surface area contributed by atoms with E-state index in [-0.39, 0.29) is 23.2 Å². The third-order valence-corrected chi connectivity index (χ3v) is 3.86. The predicted octanol–water partition coefficient (Wildman–Crippen LogP) is 3.16. The van der Waals surface area contributed by atoms with Crippen LogP contribution in [-0.4, -0.2) is 30.1 Å². The Labute approximate surface area is 137 Å². The van der Waals surface area contributed by atoms with Gasteiger partial charge in [-0.25, -0.2) is 4.79 Å². The van der Waals surface area contributed by atoms with Crippen molar-refractivity contribution in [2.45, 2.75) is 5.92 Å². The monoisotopic (exact) mass is 332 g/mol. The van der Waals surface area contributed by atoms with E-state index >= 15 is 0 Å². The molecule has 0 aliphatic carbocycles. The van der Waals surface area contributed by atoms with Gasteiger partial charge in [-0.05, 0) is 11.6 Å². The quantitative estimate of drug-likeness (QED) is 0.931. The maximum Gasteiger partial charge on any atom is 0.341 e. The Morgan fingerprint density at radius 2 is 2.04 bits per heavy atom. The number of fused-ring (bicyclic) bond motifs is 1. The lowest BCUT2D eigenvalue weighted by Crippen LogP contribution is -2.26. The second-order valence-corrected chi connectivity index (χ2v) is 5.51. The molecule has 118 valence electrons. The minimum absolute atomic E-state index is 0.118. The van der Waals surface area contributed by atoms with E-state index < -0.39 is 18.5 Å². The van der Waals surface area contributed by atoms with Gasteiger partial charge in [-0.3, -0.25) is 4.79 Å². The average molecular weight is 333 g/mol. The number of halogens is 1. The van der Waals surface area contributed by atoms with Crippen molar-refractivity contribution >= 4 is 23.4 Å². The zero-order valence-electron chi connectivity index (χ0n) is 12.0. The van der Waals surface area contributed by atoms with E-state index in [0.29, 0.717) is 11.3 Å². The van der Waals surface area contributed by atoms with Gasteiger partial charge in [-0.2, -0.15) is 0 Å². The molecule has 1 unspecified atom stereocenters. The highest BCUT2D eigenvalue weighted by atomic mass is 35.5. The molecule has 0 saturated carbocycles. The van der Waals surface area contributed by atoms with Gasteiger partial charge in [0.05, 0.1) is 16.5 Å². The van der Waals surface area contributed by atoms with Gasteiger partial charge in [0.25, 0.3) is 0 Å². The van der Waals surface area contributed by atoms with Crippen LogP contribution in [0.3, 0.4) is 0 Å². The molecule has 0 fully saturated rings. The van der Waals surface area contributed by atoms with Crippen LogP contribution in [0.25, 0.3) is 0 Å². The summed E-state index contributed by atoms with van der Waals surface area (Å²) in [4.78, 5) is 23.3. The molecule has 0 spiro atoms. The summed E-state index contributed by atoms with van der Waals surface area (Å²) in [6.07, 6.45) is 0. The molecule has 1 N–H and O–H groups in total. The van der Waals surface area contributed by atoms with Crippen LogP contribution in [0.5, 0.6) is 11.5 Å². The van der Waals surface area contributed by atoms with Crippen LogP contribution in [0.15, 0.2) is 42.5 Å². The summed E-state index contributed by atoms with van der Waals surface area (Å²) in [5.41, 5.74) is 1.17. The Morgan fingerprint density at radius 1 is 1.30 bits per heavy atom. The number of carboxylic acid groups (broad SMARTS) is 1. The van der Waals surface area contributed by atoms with Gasteiger partial charge in [0.15, 0.2) is 12.4 Å². The van der Waals surface area contributed by atoms with E-state index in [1.807, 2.05) is 30.3 Å². The van der Waals surface area contributed by atoms with E-state index in [2.05, 4.69) is 0 Å². The van der Waals surface area contributed by atoms with Crippen LogP contribution in [0, 0.1) is 0 Å². The summed E-state index contributed by atoms with van der Waals surface area (Å²) in [7, 11) is 0. The molecule has 1 aliphatic rings. The van der Waals surface area contributed by atoms with Crippen molar-refractivity contribution in [2.75, 3.05) is 13.2 Å². The first-order valence-electron chi connectivity index (χ1n) is 6.96. The average Bonchev–Trinajstić information content (AvgIpc) is 2.53. The molecule has 6 heteroatoms. The number of carbonyl (C=O) groups is 2. The Morgan fingerprint density at radius 3 is 2.74 bits per heavy atom. The number of ether oxygens (including phenoxy) is 2. The predicted molar refractivity (Wildman–Crippen MR) is 83.6 cm³/mol. The first-order chi connectivity index (χ1) is 11.1. The van der Waals surface area contributed by atoms with Gasteiger partial charge < -0.3 is 14.6 Å². The van der Waals surface area contributed by atoms with E-state index in [1.165, 1.54) is 12.1 Å². The molecule has 0 saturated heterocycles. The number of benzene rings is 2. The highest BCUT2D eigenvalue weighted by Crippen LogP contribution is 2.39. The van der Waals surface area contributed by atoms with Gasteiger partial charge in [0, 0.05) is 6.07 Å². The third kappa shape index (κ3) is 3.14. The molecule has 5 nitrogen and oxygen atoms in total. The standard InChI is InChI=1S/C17H13ClO5/c18-13-6-11(22-9-15(19)20)7-14-16(13)17(21)12(8-23-14)10-4-2-1-3-5-10/h1-7,12H,8-9H2,(H,19,20). The molecule has 0 bridgehead atoms. The molecule has 0 aromatic heterocycles. The first-order valence-corrected chi connectivity index (χ1v) is 7.34. The largest absolute Gasteiger partial charge is 0.492 e. The summed E-state index contributed by atoms with van der Waals surface area (Å²) in [6, 6.07) is 12.3. The number of aliphatic carboxylic acids is 1. The molecular formula is C17H13ClO5. The van der Waals surface area contributed by atoms with Gasteiger partial charge in [-0.15, -0.1) is 0 Å². The minimum atomic E-state index is -1.10. The molecule has 1 aliphatic heterocycles. The number of carboxylic acids is 1. The Bertz CT molecular complexity index is 757. The molecule has 1 atom stereocenters. The first kappa shape index (κ1) is 15.4. The van der Waals surface area contributed by atoms with Crippen LogP contribution in [0.1, 0.15) is 21.8 Å². The molecule has 3 rings (SSSR count). The zero-order chi connectivity index (χ0) is 16.4. The Kier molecular flexibility index (Phi) is 4.21. The lowest BCUT2D eigenvalue weighted by molar-refractivity contribution is -0.139. The minimum Gasteiger partial charge on any atom is -0.492 e. The molecule has 0 amide bonds. The number of rotatable bonds is 4. The molecule has 2 aromatic carbocycles. The lowest BCUT2D eigenvalue weighted by atomic mass is 9.89. The molecular weight excluding hydrogens is 320 g/mol. The SMILES string of the molecule is O=C(O)COc1cc(Cl)c2c(c1)OCC(c1ccccc1)C2=O. The van der Waals surface area contributed by atoms with E-state index in [1.54, 1.807) is 0 Å². The summed E-state index contributed by atoms with van der Waals surface area (Å²) in [5, 5.41) is 8.83. The van der Waals surface area contributed by atoms with Crippen molar-refractivity contribution in [3.05, 3.63) is 58.6 Å². The number of Topliss-reactive ketones (excluding diaryl/α,β-unsaturated/α-hetero) is 1. The van der Waals surface area contributed by atoms with Crippen LogP contribution in [0.2, 0.25) is 5.02 Å². The topological polar surface area (TPSA) is 72.8 Å². The van der Waals surface area contributed by atoms with E-state index in [4.69, 9.17) is 26.2 Å². The maximum atomic E-state index is 12.7. The number of hydrogen-bond acceptors (Lipinski definition) is 4. The van der Waals surface area contributed by atoms with Crippen molar-refractivity contribution in [1.29, 1.82) is 0 Å². The number of ketones is 1. The fraction of sp³-hybridized carbons (Fsp3) is 0.176.